The number of anilines is 1. The van der Waals surface area contributed by atoms with Crippen LogP contribution < -0.4 is 5.32 Å². The van der Waals surface area contributed by atoms with Gasteiger partial charge in [0.1, 0.15) is 0 Å². The van der Waals surface area contributed by atoms with Crippen molar-refractivity contribution in [1.82, 2.24) is 15.1 Å². The molecule has 116 valence electrons. The van der Waals surface area contributed by atoms with Crippen molar-refractivity contribution in [2.24, 2.45) is 5.92 Å². The molecule has 5 heteroatoms. The Kier molecular flexibility index (Phi) is 4.24. The van der Waals surface area contributed by atoms with Crippen molar-refractivity contribution in [3.63, 3.8) is 0 Å². The highest BCUT2D eigenvalue weighted by Crippen LogP contribution is 2.27. The van der Waals surface area contributed by atoms with E-state index in [2.05, 4.69) is 44.7 Å². The molecule has 0 saturated carbocycles. The van der Waals surface area contributed by atoms with E-state index in [0.717, 1.165) is 37.3 Å². The number of fused-ring (bicyclic) bond motifs is 1. The van der Waals surface area contributed by atoms with E-state index in [1.54, 1.807) is 0 Å². The number of aromatic nitrogens is 2. The Labute approximate surface area is 130 Å². The van der Waals surface area contributed by atoms with Gasteiger partial charge in [-0.25, -0.2) is 0 Å². The van der Waals surface area contributed by atoms with Crippen molar-refractivity contribution in [1.29, 1.82) is 0 Å². The second kappa shape index (κ2) is 6.32. The predicted molar refractivity (Wildman–Crippen MR) is 86.3 cm³/mol. The molecule has 1 aliphatic heterocycles. The van der Waals surface area contributed by atoms with E-state index in [-0.39, 0.29) is 11.8 Å². The highest BCUT2D eigenvalue weighted by atomic mass is 16.1. The summed E-state index contributed by atoms with van der Waals surface area (Å²) < 4.78 is 0. The highest BCUT2D eigenvalue weighted by Gasteiger charge is 2.25. The fourth-order valence-electron chi connectivity index (χ4n) is 2.66. The van der Waals surface area contributed by atoms with Gasteiger partial charge in [-0.3, -0.25) is 14.8 Å². The van der Waals surface area contributed by atoms with Crippen LogP contribution in [0.15, 0.2) is 30.3 Å². The number of carbonyl (C=O) groups excluding carboxylic acids is 1. The molecule has 22 heavy (non-hydrogen) atoms. The van der Waals surface area contributed by atoms with Crippen LogP contribution in [-0.2, 0) is 24.3 Å². The topological polar surface area (TPSA) is 61.0 Å². The number of nitrogens with zero attached hydrogens (tertiary/aromatic N) is 2. The van der Waals surface area contributed by atoms with Crippen molar-refractivity contribution in [2.75, 3.05) is 11.9 Å². The van der Waals surface area contributed by atoms with Crippen LogP contribution in [0.1, 0.15) is 30.7 Å². The fraction of sp³-hybridized carbons (Fsp3) is 0.412. The van der Waals surface area contributed by atoms with Gasteiger partial charge >= 0.3 is 0 Å². The van der Waals surface area contributed by atoms with Gasteiger partial charge in [0.05, 0.1) is 5.69 Å². The zero-order chi connectivity index (χ0) is 15.5. The molecule has 1 amide bonds. The third kappa shape index (κ3) is 3.20. The van der Waals surface area contributed by atoms with Crippen molar-refractivity contribution in [3.8, 4) is 0 Å². The van der Waals surface area contributed by atoms with E-state index in [9.17, 15) is 4.79 Å². The lowest BCUT2D eigenvalue weighted by molar-refractivity contribution is -0.118. The molecule has 1 aliphatic rings. The average molecular weight is 298 g/mol. The number of benzene rings is 1. The molecule has 0 unspecified atom stereocenters. The maximum Gasteiger partial charge on any atom is 0.228 e. The normalized spacial score (nSPS) is 14.3. The van der Waals surface area contributed by atoms with Crippen LogP contribution in [0.25, 0.3) is 0 Å². The van der Waals surface area contributed by atoms with Gasteiger partial charge in [0.15, 0.2) is 5.82 Å². The molecule has 0 fully saturated rings. The zero-order valence-electron chi connectivity index (χ0n) is 13.1. The number of carbonyl (C=O) groups is 1. The maximum absolute atomic E-state index is 11.8. The second-order valence-electron chi connectivity index (χ2n) is 6.12. The lowest BCUT2D eigenvalue weighted by Crippen LogP contribution is -2.22. The van der Waals surface area contributed by atoms with Crippen LogP contribution in [0.3, 0.4) is 0 Å². The van der Waals surface area contributed by atoms with Crippen molar-refractivity contribution >= 4 is 11.7 Å². The number of amides is 1. The highest BCUT2D eigenvalue weighted by molar-refractivity contribution is 5.91. The summed E-state index contributed by atoms with van der Waals surface area (Å²) in [6.07, 6.45) is 1.03. The van der Waals surface area contributed by atoms with Crippen molar-refractivity contribution in [2.45, 2.75) is 33.4 Å². The van der Waals surface area contributed by atoms with E-state index in [4.69, 9.17) is 0 Å². The number of hydrogen-bond donors (Lipinski definition) is 2. The third-order valence-corrected chi connectivity index (χ3v) is 4.04. The molecular formula is C17H22N4O. The number of aromatic amines is 1. The Bertz CT molecular complexity index is 648. The molecule has 3 rings (SSSR count). The van der Waals surface area contributed by atoms with Gasteiger partial charge in [-0.2, -0.15) is 5.10 Å². The van der Waals surface area contributed by atoms with E-state index in [1.165, 1.54) is 5.56 Å². The van der Waals surface area contributed by atoms with E-state index >= 15 is 0 Å². The zero-order valence-corrected chi connectivity index (χ0v) is 13.1. The average Bonchev–Trinajstić information content (AvgIpc) is 3.08. The van der Waals surface area contributed by atoms with Crippen LogP contribution in [0.5, 0.6) is 0 Å². The van der Waals surface area contributed by atoms with Crippen LogP contribution in [0.2, 0.25) is 0 Å². The number of rotatable bonds is 5. The minimum Gasteiger partial charge on any atom is -0.309 e. The Hall–Kier alpha value is -2.14. The fourth-order valence-corrected chi connectivity index (χ4v) is 2.66. The standard InChI is InChI=1S/C17H22N4O/c1-12(2)17(22)18-16-14-10-21(11-15(14)19-20-16)9-8-13-6-4-3-5-7-13/h3-7,12H,8-11H2,1-2H3,(H2,18,19,20,22). The smallest absolute Gasteiger partial charge is 0.228 e. The number of H-pyrrole nitrogens is 1. The van der Waals surface area contributed by atoms with Gasteiger partial charge < -0.3 is 5.32 Å². The van der Waals surface area contributed by atoms with E-state index in [1.807, 2.05) is 19.9 Å². The Morgan fingerprint density at radius 3 is 2.82 bits per heavy atom. The van der Waals surface area contributed by atoms with Gasteiger partial charge in [0.2, 0.25) is 5.91 Å². The summed E-state index contributed by atoms with van der Waals surface area (Å²) in [7, 11) is 0. The Balaban J connectivity index is 1.59. The summed E-state index contributed by atoms with van der Waals surface area (Å²) in [5, 5.41) is 10.2. The molecule has 0 radical (unpaired) electrons. The molecule has 1 aromatic carbocycles. The second-order valence-corrected chi connectivity index (χ2v) is 6.12. The largest absolute Gasteiger partial charge is 0.309 e. The van der Waals surface area contributed by atoms with Gasteiger partial charge in [-0.05, 0) is 12.0 Å². The molecule has 5 nitrogen and oxygen atoms in total. The molecule has 2 aromatic rings. The van der Waals surface area contributed by atoms with E-state index in [0.29, 0.717) is 5.82 Å². The molecule has 0 spiro atoms. The number of nitrogens with one attached hydrogen (secondary N) is 2. The minimum atomic E-state index is -0.0389. The summed E-state index contributed by atoms with van der Waals surface area (Å²) in [6.45, 7) is 6.48. The van der Waals surface area contributed by atoms with Crippen LogP contribution in [0, 0.1) is 5.92 Å². The summed E-state index contributed by atoms with van der Waals surface area (Å²) in [5.41, 5.74) is 3.60. The van der Waals surface area contributed by atoms with Crippen LogP contribution in [0.4, 0.5) is 5.82 Å². The molecule has 2 heterocycles. The van der Waals surface area contributed by atoms with Crippen LogP contribution in [-0.4, -0.2) is 27.5 Å². The molecular weight excluding hydrogens is 276 g/mol. The van der Waals surface area contributed by atoms with Gasteiger partial charge in [-0.1, -0.05) is 44.2 Å². The molecule has 0 saturated heterocycles. The molecule has 0 aliphatic carbocycles. The first-order valence-electron chi connectivity index (χ1n) is 7.76. The number of hydrogen-bond acceptors (Lipinski definition) is 3. The quantitative estimate of drug-likeness (QED) is 0.892. The Morgan fingerprint density at radius 1 is 1.32 bits per heavy atom. The van der Waals surface area contributed by atoms with Crippen molar-refractivity contribution in [3.05, 3.63) is 47.2 Å². The molecule has 1 aromatic heterocycles. The predicted octanol–water partition coefficient (Wildman–Crippen LogP) is 2.56. The lowest BCUT2D eigenvalue weighted by atomic mass is 10.1. The first-order chi connectivity index (χ1) is 10.6. The minimum absolute atomic E-state index is 0.0111. The molecule has 0 bridgehead atoms. The molecule has 0 atom stereocenters. The lowest BCUT2D eigenvalue weighted by Gasteiger charge is -2.15. The van der Waals surface area contributed by atoms with Crippen LogP contribution >= 0.6 is 0 Å². The summed E-state index contributed by atoms with van der Waals surface area (Å²) >= 11 is 0. The summed E-state index contributed by atoms with van der Waals surface area (Å²) in [6, 6.07) is 10.5. The van der Waals surface area contributed by atoms with Gasteiger partial charge in [-0.15, -0.1) is 0 Å². The Morgan fingerprint density at radius 2 is 2.09 bits per heavy atom. The monoisotopic (exact) mass is 298 g/mol. The summed E-state index contributed by atoms with van der Waals surface area (Å²) in [5.74, 6) is 0.663. The third-order valence-electron chi connectivity index (χ3n) is 4.04. The SMILES string of the molecule is CC(C)C(=O)Nc1n[nH]c2c1CN(CCc1ccccc1)C2. The van der Waals surface area contributed by atoms with Crippen molar-refractivity contribution < 1.29 is 4.79 Å². The first kappa shape index (κ1) is 14.8. The van der Waals surface area contributed by atoms with Gasteiger partial charge in [0.25, 0.3) is 0 Å². The first-order valence-corrected chi connectivity index (χ1v) is 7.76. The maximum atomic E-state index is 11.8. The summed E-state index contributed by atoms with van der Waals surface area (Å²) in [4.78, 5) is 14.2. The molecule has 2 N–H and O–H groups in total. The van der Waals surface area contributed by atoms with E-state index < -0.39 is 0 Å². The van der Waals surface area contributed by atoms with Gasteiger partial charge in [0, 0.05) is 31.1 Å².